The first-order valence-corrected chi connectivity index (χ1v) is 8.95. The minimum absolute atomic E-state index is 0.0385. The van der Waals surface area contributed by atoms with Crippen molar-refractivity contribution in [3.63, 3.8) is 0 Å². The van der Waals surface area contributed by atoms with Crippen molar-refractivity contribution >= 4 is 29.3 Å². The maximum absolute atomic E-state index is 12.1. The Morgan fingerprint density at radius 2 is 2.12 bits per heavy atom. The number of hydrogen-bond donors (Lipinski definition) is 1. The zero-order valence-electron chi connectivity index (χ0n) is 13.9. The fraction of sp³-hybridized carbons (Fsp3) is 0.353. The van der Waals surface area contributed by atoms with Gasteiger partial charge in [-0.25, -0.2) is 4.98 Å². The van der Waals surface area contributed by atoms with Crippen LogP contribution in [-0.2, 0) is 16.1 Å². The van der Waals surface area contributed by atoms with Gasteiger partial charge in [-0.3, -0.25) is 9.59 Å². The number of aromatic nitrogens is 2. The molecule has 6 nitrogen and oxygen atoms in total. The topological polar surface area (TPSA) is 67.2 Å². The molecule has 24 heavy (non-hydrogen) atoms. The van der Waals surface area contributed by atoms with Crippen LogP contribution in [0.25, 0.3) is 0 Å². The van der Waals surface area contributed by atoms with Gasteiger partial charge < -0.3 is 14.8 Å². The lowest BCUT2D eigenvalue weighted by Crippen LogP contribution is -2.35. The number of benzene rings is 1. The number of hydrogen-bond acceptors (Lipinski definition) is 4. The SMILES string of the molecule is CSc1ccccc1NC(=O)CN(C)C(=O)CCCn1ccnc1. The molecule has 0 spiro atoms. The number of likely N-dealkylation sites (N-methyl/N-ethyl adjacent to an activating group) is 1. The molecule has 0 bridgehead atoms. The molecular formula is C17H22N4O2S. The van der Waals surface area contributed by atoms with Crippen molar-refractivity contribution in [1.82, 2.24) is 14.5 Å². The monoisotopic (exact) mass is 346 g/mol. The average molecular weight is 346 g/mol. The first kappa shape index (κ1) is 18.1. The van der Waals surface area contributed by atoms with Crippen molar-refractivity contribution in [3.05, 3.63) is 43.0 Å². The third-order valence-electron chi connectivity index (χ3n) is 3.55. The van der Waals surface area contributed by atoms with Crippen LogP contribution in [0.4, 0.5) is 5.69 Å². The van der Waals surface area contributed by atoms with E-state index in [0.717, 1.165) is 23.5 Å². The largest absolute Gasteiger partial charge is 0.337 e. The van der Waals surface area contributed by atoms with Crippen molar-refractivity contribution in [2.45, 2.75) is 24.3 Å². The van der Waals surface area contributed by atoms with E-state index in [4.69, 9.17) is 0 Å². The third-order valence-corrected chi connectivity index (χ3v) is 4.35. The average Bonchev–Trinajstić information content (AvgIpc) is 3.08. The highest BCUT2D eigenvalue weighted by atomic mass is 32.2. The standard InChI is InChI=1S/C17H22N4O2S/c1-20(17(23)8-5-10-21-11-9-18-13-21)12-16(22)19-14-6-3-4-7-15(14)24-2/h3-4,6-7,9,11,13H,5,8,10,12H2,1-2H3,(H,19,22). The van der Waals surface area contributed by atoms with E-state index in [0.29, 0.717) is 6.42 Å². The summed E-state index contributed by atoms with van der Waals surface area (Å²) in [4.78, 5) is 30.7. The Morgan fingerprint density at radius 3 is 2.83 bits per heavy atom. The third kappa shape index (κ3) is 5.42. The molecule has 128 valence electrons. The number of carbonyl (C=O) groups excluding carboxylic acids is 2. The van der Waals surface area contributed by atoms with Crippen molar-refractivity contribution in [3.8, 4) is 0 Å². The fourth-order valence-electron chi connectivity index (χ4n) is 2.26. The van der Waals surface area contributed by atoms with E-state index in [-0.39, 0.29) is 18.4 Å². The van der Waals surface area contributed by atoms with Crippen LogP contribution in [0.2, 0.25) is 0 Å². The number of thioether (sulfide) groups is 1. The summed E-state index contributed by atoms with van der Waals surface area (Å²) in [7, 11) is 1.65. The van der Waals surface area contributed by atoms with Crippen LogP contribution in [0.15, 0.2) is 47.9 Å². The maximum Gasteiger partial charge on any atom is 0.244 e. The van der Waals surface area contributed by atoms with Crippen LogP contribution in [-0.4, -0.2) is 46.1 Å². The van der Waals surface area contributed by atoms with Crippen molar-refractivity contribution < 1.29 is 9.59 Å². The molecule has 7 heteroatoms. The van der Waals surface area contributed by atoms with Crippen LogP contribution in [0.5, 0.6) is 0 Å². The van der Waals surface area contributed by atoms with E-state index < -0.39 is 0 Å². The van der Waals surface area contributed by atoms with Crippen LogP contribution in [0.1, 0.15) is 12.8 Å². The van der Waals surface area contributed by atoms with Crippen LogP contribution < -0.4 is 5.32 Å². The van der Waals surface area contributed by atoms with Gasteiger partial charge in [0.2, 0.25) is 11.8 Å². The molecule has 1 aromatic heterocycles. The summed E-state index contributed by atoms with van der Waals surface area (Å²) < 4.78 is 1.93. The lowest BCUT2D eigenvalue weighted by molar-refractivity contribution is -0.133. The molecule has 1 heterocycles. The predicted molar refractivity (Wildman–Crippen MR) is 96.0 cm³/mol. The van der Waals surface area contributed by atoms with Gasteiger partial charge in [-0.1, -0.05) is 12.1 Å². The zero-order chi connectivity index (χ0) is 17.4. The molecule has 0 saturated carbocycles. The van der Waals surface area contributed by atoms with Gasteiger partial charge in [0.05, 0.1) is 18.6 Å². The molecule has 0 unspecified atom stereocenters. The number of carbonyl (C=O) groups is 2. The normalized spacial score (nSPS) is 10.4. The van der Waals surface area contributed by atoms with Crippen LogP contribution in [0, 0.1) is 0 Å². The molecule has 2 rings (SSSR count). The Labute approximate surface area is 146 Å². The number of anilines is 1. The second kappa shape index (κ2) is 9.12. The summed E-state index contributed by atoms with van der Waals surface area (Å²) in [6.45, 7) is 0.791. The summed E-state index contributed by atoms with van der Waals surface area (Å²) >= 11 is 1.57. The molecule has 0 fully saturated rings. The summed E-state index contributed by atoms with van der Waals surface area (Å²) in [5, 5.41) is 2.86. The first-order valence-electron chi connectivity index (χ1n) is 7.72. The summed E-state index contributed by atoms with van der Waals surface area (Å²) in [5.41, 5.74) is 0.774. The van der Waals surface area contributed by atoms with Gasteiger partial charge >= 0.3 is 0 Å². The Balaban J connectivity index is 1.76. The lowest BCUT2D eigenvalue weighted by Gasteiger charge is -2.17. The number of nitrogens with zero attached hydrogens (tertiary/aromatic N) is 3. The van der Waals surface area contributed by atoms with Gasteiger partial charge in [-0.05, 0) is 24.8 Å². The molecule has 2 aromatic rings. The van der Waals surface area contributed by atoms with Crippen molar-refractivity contribution in [1.29, 1.82) is 0 Å². The number of rotatable bonds is 8. The number of amides is 2. The maximum atomic E-state index is 12.1. The van der Waals surface area contributed by atoms with Gasteiger partial charge in [0, 0.05) is 37.3 Å². The molecule has 2 amide bonds. The Kier molecular flexibility index (Phi) is 6.87. The summed E-state index contributed by atoms with van der Waals surface area (Å²) in [6.07, 6.45) is 8.39. The van der Waals surface area contributed by atoms with Gasteiger partial charge in [-0.2, -0.15) is 0 Å². The quantitative estimate of drug-likeness (QED) is 0.746. The van der Waals surface area contributed by atoms with Crippen molar-refractivity contribution in [2.75, 3.05) is 25.2 Å². The number of para-hydroxylation sites is 1. The second-order valence-corrected chi connectivity index (χ2v) is 6.25. The molecule has 0 saturated heterocycles. The van der Waals surface area contributed by atoms with Gasteiger partial charge in [0.25, 0.3) is 0 Å². The van der Waals surface area contributed by atoms with Gasteiger partial charge in [-0.15, -0.1) is 11.8 Å². The van der Waals surface area contributed by atoms with E-state index in [1.807, 2.05) is 41.3 Å². The molecule has 1 aromatic carbocycles. The fourth-order valence-corrected chi connectivity index (χ4v) is 2.82. The van der Waals surface area contributed by atoms with Gasteiger partial charge in [0.15, 0.2) is 0 Å². The molecule has 0 aliphatic rings. The van der Waals surface area contributed by atoms with E-state index in [9.17, 15) is 9.59 Å². The lowest BCUT2D eigenvalue weighted by atomic mass is 10.2. The highest BCUT2D eigenvalue weighted by Gasteiger charge is 2.13. The highest BCUT2D eigenvalue weighted by Crippen LogP contribution is 2.24. The first-order chi connectivity index (χ1) is 11.6. The molecule has 0 aliphatic carbocycles. The van der Waals surface area contributed by atoms with Gasteiger partial charge in [0.1, 0.15) is 0 Å². The number of aryl methyl sites for hydroxylation is 1. The van der Waals surface area contributed by atoms with E-state index in [2.05, 4.69) is 10.3 Å². The molecule has 0 atom stereocenters. The second-order valence-electron chi connectivity index (χ2n) is 5.40. The molecule has 0 aliphatic heterocycles. The Hall–Kier alpha value is -2.28. The number of imidazole rings is 1. The predicted octanol–water partition coefficient (Wildman–Crippen LogP) is 2.48. The van der Waals surface area contributed by atoms with E-state index in [1.165, 1.54) is 4.90 Å². The van der Waals surface area contributed by atoms with E-state index in [1.54, 1.807) is 31.3 Å². The Bertz CT molecular complexity index is 673. The summed E-state index contributed by atoms with van der Waals surface area (Å²) in [6, 6.07) is 7.61. The molecule has 0 radical (unpaired) electrons. The minimum Gasteiger partial charge on any atom is -0.337 e. The minimum atomic E-state index is -0.193. The molecule has 1 N–H and O–H groups in total. The smallest absolute Gasteiger partial charge is 0.244 e. The zero-order valence-corrected chi connectivity index (χ0v) is 14.8. The highest BCUT2D eigenvalue weighted by molar-refractivity contribution is 7.98. The molecular weight excluding hydrogens is 324 g/mol. The van der Waals surface area contributed by atoms with Crippen LogP contribution >= 0.6 is 11.8 Å². The van der Waals surface area contributed by atoms with E-state index >= 15 is 0 Å². The van der Waals surface area contributed by atoms with Crippen LogP contribution in [0.3, 0.4) is 0 Å². The van der Waals surface area contributed by atoms with Crippen molar-refractivity contribution in [2.24, 2.45) is 0 Å². The summed E-state index contributed by atoms with van der Waals surface area (Å²) in [5.74, 6) is -0.231. The Morgan fingerprint density at radius 1 is 1.33 bits per heavy atom. The number of nitrogens with one attached hydrogen (secondary N) is 1.